The molecule has 3 atom stereocenters. The number of nitrogens with zero attached hydrogens (tertiary/aromatic N) is 7. The first-order valence-corrected chi connectivity index (χ1v) is 25.3. The zero-order valence-electron chi connectivity index (χ0n) is 42.6. The highest BCUT2D eigenvalue weighted by molar-refractivity contribution is 7.13. The quantitative estimate of drug-likeness (QED) is 0.0327. The minimum Gasteiger partial charge on any atom is -0.490 e. The number of ether oxygens (including phenoxy) is 3. The summed E-state index contributed by atoms with van der Waals surface area (Å²) >= 11 is 1.56. The van der Waals surface area contributed by atoms with E-state index in [1.54, 1.807) is 36.9 Å². The number of likely N-dealkylation sites (tertiary alicyclic amines) is 1. The van der Waals surface area contributed by atoms with Gasteiger partial charge in [-0.05, 0) is 86.4 Å². The second-order valence-electron chi connectivity index (χ2n) is 19.2. The summed E-state index contributed by atoms with van der Waals surface area (Å²) in [5.74, 6) is 5.24. The van der Waals surface area contributed by atoms with Crippen molar-refractivity contribution >= 4 is 51.8 Å². The predicted octanol–water partition coefficient (Wildman–Crippen LogP) is 2.73. The van der Waals surface area contributed by atoms with E-state index < -0.39 is 41.0 Å². The summed E-state index contributed by atoms with van der Waals surface area (Å²) in [5.41, 5.74) is 10.5. The third-order valence-electron chi connectivity index (χ3n) is 11.7. The molecule has 0 saturated carbocycles. The molecule has 23 heteroatoms. The SMILES string of the molecule is CCn1c(-c2nonc2N)nc2c(C#CC(C)(C)O)ncc(OCCCNCCCC(=O)NCCOCCOCC(=O)NC(C(=O)N3CC(O)CC3C(=O)NCc3ccc(-c4scnc4C)cc3)C(C)(C)C)c21. The maximum atomic E-state index is 13.9. The predicted molar refractivity (Wildman–Crippen MR) is 273 cm³/mol. The lowest BCUT2D eigenvalue weighted by Crippen LogP contribution is -2.58. The van der Waals surface area contributed by atoms with Crippen molar-refractivity contribution in [2.45, 2.75) is 111 Å². The number of β-amino-alcohol motifs (C(OH)–C–C–N with tert-alkyl or cyclic N) is 1. The minimum absolute atomic E-state index is 0.0344. The van der Waals surface area contributed by atoms with Gasteiger partial charge in [0.15, 0.2) is 23.1 Å². The molecule has 1 fully saturated rings. The van der Waals surface area contributed by atoms with Crippen molar-refractivity contribution in [1.82, 2.24) is 56.0 Å². The van der Waals surface area contributed by atoms with Gasteiger partial charge in [-0.1, -0.05) is 51.0 Å². The molecule has 8 N–H and O–H groups in total. The summed E-state index contributed by atoms with van der Waals surface area (Å²) in [4.78, 5) is 68.7. The Hall–Kier alpha value is -6.55. The molecule has 1 aliphatic rings. The number of nitrogens with two attached hydrogens (primary N) is 1. The number of carbonyl (C=O) groups is 4. The molecule has 1 saturated heterocycles. The Morgan fingerprint density at radius 2 is 1.73 bits per heavy atom. The van der Waals surface area contributed by atoms with E-state index in [1.807, 2.05) is 63.5 Å². The van der Waals surface area contributed by atoms with Crippen LogP contribution in [-0.2, 0) is 41.7 Å². The molecule has 5 aromatic rings. The summed E-state index contributed by atoms with van der Waals surface area (Å²) in [6.07, 6.45) is 2.40. The monoisotopic (exact) mass is 1030 g/mol. The Balaban J connectivity index is 0.827. The average Bonchev–Trinajstić information content (AvgIpc) is 4.16. The Labute approximate surface area is 428 Å². The second kappa shape index (κ2) is 25.9. The number of hydrogen-bond acceptors (Lipinski definition) is 18. The Morgan fingerprint density at radius 1 is 0.973 bits per heavy atom. The van der Waals surface area contributed by atoms with Gasteiger partial charge in [0.2, 0.25) is 23.6 Å². The summed E-state index contributed by atoms with van der Waals surface area (Å²) in [5, 5.41) is 40.2. The van der Waals surface area contributed by atoms with Gasteiger partial charge >= 0.3 is 0 Å². The fraction of sp³-hybridized carbons (Fsp3) is 0.540. The zero-order chi connectivity index (χ0) is 52.7. The molecule has 73 heavy (non-hydrogen) atoms. The highest BCUT2D eigenvalue weighted by Gasteiger charge is 2.44. The Kier molecular flexibility index (Phi) is 19.8. The van der Waals surface area contributed by atoms with Crippen molar-refractivity contribution in [3.05, 3.63) is 52.9 Å². The van der Waals surface area contributed by atoms with Crippen molar-refractivity contribution in [3.63, 3.8) is 0 Å². The van der Waals surface area contributed by atoms with Gasteiger partial charge < -0.3 is 60.9 Å². The van der Waals surface area contributed by atoms with Crippen LogP contribution in [0, 0.1) is 24.2 Å². The van der Waals surface area contributed by atoms with Crippen LogP contribution < -0.4 is 31.7 Å². The van der Waals surface area contributed by atoms with Gasteiger partial charge in [-0.3, -0.25) is 19.2 Å². The molecule has 3 unspecified atom stereocenters. The number of carbonyl (C=O) groups excluding carboxylic acids is 4. The highest BCUT2D eigenvalue weighted by atomic mass is 32.1. The van der Waals surface area contributed by atoms with Crippen molar-refractivity contribution in [3.8, 4) is 39.5 Å². The van der Waals surface area contributed by atoms with Crippen LogP contribution >= 0.6 is 11.3 Å². The summed E-state index contributed by atoms with van der Waals surface area (Å²) < 4.78 is 23.9. The van der Waals surface area contributed by atoms with Gasteiger partial charge in [-0.25, -0.2) is 19.6 Å². The molecule has 0 spiro atoms. The smallest absolute Gasteiger partial charge is 0.246 e. The first-order chi connectivity index (χ1) is 34.8. The molecule has 0 bridgehead atoms. The van der Waals surface area contributed by atoms with E-state index in [9.17, 15) is 29.4 Å². The number of amides is 4. The number of aryl methyl sites for hydroxylation is 2. The third-order valence-corrected chi connectivity index (χ3v) is 12.6. The molecule has 1 aliphatic heterocycles. The number of imidazole rings is 1. The molecular formula is C50H68N12O10S. The minimum atomic E-state index is -1.24. The number of nitrogens with one attached hydrogen (secondary N) is 4. The van der Waals surface area contributed by atoms with Crippen LogP contribution in [0.4, 0.5) is 5.82 Å². The van der Waals surface area contributed by atoms with Crippen LogP contribution in [-0.4, -0.2) is 152 Å². The number of fused-ring (bicyclic) bond motifs is 1. The van der Waals surface area contributed by atoms with Crippen LogP contribution in [0.2, 0.25) is 0 Å². The van der Waals surface area contributed by atoms with Gasteiger partial charge in [0.25, 0.3) is 0 Å². The number of rotatable bonds is 25. The van der Waals surface area contributed by atoms with Crippen molar-refractivity contribution in [2.24, 2.45) is 5.41 Å². The number of thiazole rings is 1. The Bertz CT molecular complexity index is 2720. The maximum absolute atomic E-state index is 13.9. The van der Waals surface area contributed by atoms with Gasteiger partial charge in [0, 0.05) is 39.0 Å². The first-order valence-electron chi connectivity index (χ1n) is 24.4. The van der Waals surface area contributed by atoms with Crippen molar-refractivity contribution in [2.75, 3.05) is 64.9 Å². The lowest BCUT2D eigenvalue weighted by atomic mass is 9.85. The second-order valence-corrected chi connectivity index (χ2v) is 20.0. The average molecular weight is 1030 g/mol. The molecule has 0 radical (unpaired) electrons. The molecule has 4 aromatic heterocycles. The van der Waals surface area contributed by atoms with Crippen molar-refractivity contribution in [1.29, 1.82) is 0 Å². The van der Waals surface area contributed by atoms with Crippen LogP contribution in [0.3, 0.4) is 0 Å². The van der Waals surface area contributed by atoms with E-state index in [4.69, 9.17) is 29.6 Å². The lowest BCUT2D eigenvalue weighted by molar-refractivity contribution is -0.144. The van der Waals surface area contributed by atoms with Crippen LogP contribution in [0.5, 0.6) is 5.75 Å². The van der Waals surface area contributed by atoms with E-state index in [0.717, 1.165) is 21.7 Å². The summed E-state index contributed by atoms with van der Waals surface area (Å²) in [7, 11) is 0. The van der Waals surface area contributed by atoms with Gasteiger partial charge in [0.1, 0.15) is 41.0 Å². The number of aliphatic hydroxyl groups is 2. The van der Waals surface area contributed by atoms with Gasteiger partial charge in [-0.15, -0.1) is 11.3 Å². The summed E-state index contributed by atoms with van der Waals surface area (Å²) in [6.45, 7) is 15.4. The number of anilines is 1. The van der Waals surface area contributed by atoms with Gasteiger partial charge in [-0.2, -0.15) is 0 Å². The molecule has 394 valence electrons. The summed E-state index contributed by atoms with van der Waals surface area (Å²) in [6, 6.07) is 5.93. The number of aliphatic hydroxyl groups excluding tert-OH is 1. The van der Waals surface area contributed by atoms with Crippen LogP contribution in [0.15, 0.2) is 40.6 Å². The highest BCUT2D eigenvalue weighted by Crippen LogP contribution is 2.34. The number of benzene rings is 1. The Morgan fingerprint density at radius 3 is 2.41 bits per heavy atom. The van der Waals surface area contributed by atoms with E-state index >= 15 is 0 Å². The first kappa shape index (κ1) is 55.8. The molecular weight excluding hydrogens is 961 g/mol. The molecule has 6 rings (SSSR count). The molecule has 1 aromatic carbocycles. The largest absolute Gasteiger partial charge is 0.490 e. The molecule has 4 amide bonds. The van der Waals surface area contributed by atoms with E-state index in [0.29, 0.717) is 80.3 Å². The standard InChI is InChI=1S/C50H68N12O10S/c1-8-61-42-37(27-54-35(16-17-50(6,7)68)40(42)58-46(61)41-45(51)60-72-59-41)71-21-10-19-52-18-9-11-38(64)53-20-22-69-23-24-70-29-39(65)57-44(49(3,4)5)48(67)62-28-34(63)25-36(62)47(66)55-26-32-12-14-33(15-13-32)43-31(2)56-30-73-43/h12-15,27,30,34,36,44,52,63,68H,8-11,18-26,28-29H2,1-7H3,(H2,51,60)(H,53,64)(H,55,66)(H,57,65). The number of hydrogen-bond donors (Lipinski definition) is 7. The van der Waals surface area contributed by atoms with E-state index in [2.05, 4.69) is 53.4 Å². The fourth-order valence-corrected chi connectivity index (χ4v) is 8.77. The normalized spacial score (nSPS) is 15.2. The molecule has 22 nitrogen and oxygen atoms in total. The topological polar surface area (TPSA) is 296 Å². The molecule has 5 heterocycles. The molecule has 0 aliphatic carbocycles. The number of aromatic nitrogens is 6. The van der Waals surface area contributed by atoms with Crippen LogP contribution in [0.1, 0.15) is 84.2 Å². The van der Waals surface area contributed by atoms with Crippen LogP contribution in [0.25, 0.3) is 33.0 Å². The van der Waals surface area contributed by atoms with E-state index in [1.165, 1.54) is 4.90 Å². The fourth-order valence-electron chi connectivity index (χ4n) is 7.96. The third kappa shape index (κ3) is 15.7. The number of nitrogen functional groups attached to an aromatic ring is 1. The maximum Gasteiger partial charge on any atom is 0.246 e. The van der Waals surface area contributed by atoms with Crippen molar-refractivity contribution < 1.29 is 48.2 Å². The zero-order valence-corrected chi connectivity index (χ0v) is 43.4. The number of pyridine rings is 1. The van der Waals surface area contributed by atoms with E-state index in [-0.39, 0.29) is 69.3 Å². The van der Waals surface area contributed by atoms with Gasteiger partial charge in [0.05, 0.1) is 54.8 Å². The lowest BCUT2D eigenvalue weighted by Gasteiger charge is -2.35.